The minimum absolute atomic E-state index is 0.176. The molecule has 1 fully saturated rings. The fraction of sp³-hybridized carbons (Fsp3) is 0.562. The van der Waals surface area contributed by atoms with Gasteiger partial charge in [-0.3, -0.25) is 0 Å². The lowest BCUT2D eigenvalue weighted by Gasteiger charge is -2.42. The van der Waals surface area contributed by atoms with E-state index in [-0.39, 0.29) is 6.03 Å². The molecule has 1 aromatic carbocycles. The van der Waals surface area contributed by atoms with E-state index in [0.717, 1.165) is 32.7 Å². The highest BCUT2D eigenvalue weighted by atomic mass is 16.2. The number of anilines is 1. The van der Waals surface area contributed by atoms with Gasteiger partial charge in [-0.2, -0.15) is 0 Å². The molecule has 20 heavy (non-hydrogen) atoms. The highest BCUT2D eigenvalue weighted by molar-refractivity contribution is 5.75. The summed E-state index contributed by atoms with van der Waals surface area (Å²) in [5.74, 6) is 0. The molecular formula is C16H25N3O. The first-order valence-corrected chi connectivity index (χ1v) is 7.52. The highest BCUT2D eigenvalue weighted by Gasteiger charge is 2.28. The van der Waals surface area contributed by atoms with Gasteiger partial charge in [-0.1, -0.05) is 18.2 Å². The Morgan fingerprint density at radius 1 is 1.20 bits per heavy atom. The first kappa shape index (κ1) is 14.7. The van der Waals surface area contributed by atoms with Crippen molar-refractivity contribution in [3.63, 3.8) is 0 Å². The normalized spacial score (nSPS) is 19.1. The van der Waals surface area contributed by atoms with Crippen LogP contribution in [0.15, 0.2) is 30.3 Å². The van der Waals surface area contributed by atoms with Crippen LogP contribution in [0.4, 0.5) is 10.5 Å². The maximum atomic E-state index is 12.4. The average molecular weight is 275 g/mol. The number of benzene rings is 1. The van der Waals surface area contributed by atoms with E-state index in [1.807, 2.05) is 29.7 Å². The van der Waals surface area contributed by atoms with Gasteiger partial charge in [0.05, 0.1) is 0 Å². The zero-order chi connectivity index (χ0) is 14.5. The first-order chi connectivity index (χ1) is 9.67. The largest absolute Gasteiger partial charge is 0.365 e. The number of carbonyl (C=O) groups is 1. The lowest BCUT2D eigenvalue weighted by molar-refractivity contribution is 0.148. The fourth-order valence-corrected chi connectivity index (χ4v) is 2.83. The predicted molar refractivity (Wildman–Crippen MR) is 83.1 cm³/mol. The molecule has 1 saturated heterocycles. The molecule has 4 nitrogen and oxygen atoms in total. The third-order valence-corrected chi connectivity index (χ3v) is 4.02. The first-order valence-electron chi connectivity index (χ1n) is 7.52. The van der Waals surface area contributed by atoms with Crippen LogP contribution in [0.1, 0.15) is 20.8 Å². The molecule has 1 heterocycles. The molecule has 1 aliphatic heterocycles. The number of rotatable bonds is 3. The van der Waals surface area contributed by atoms with Crippen LogP contribution in [0.25, 0.3) is 0 Å². The minimum atomic E-state index is 0.176. The molecule has 1 unspecified atom stereocenters. The van der Waals surface area contributed by atoms with Crippen LogP contribution < -0.4 is 4.90 Å². The molecule has 0 aliphatic carbocycles. The summed E-state index contributed by atoms with van der Waals surface area (Å²) < 4.78 is 0. The molecule has 2 amide bonds. The summed E-state index contributed by atoms with van der Waals surface area (Å²) in [7, 11) is 0. The number of carbonyl (C=O) groups excluding carboxylic acids is 1. The van der Waals surface area contributed by atoms with Gasteiger partial charge in [0, 0.05) is 44.5 Å². The topological polar surface area (TPSA) is 26.8 Å². The summed E-state index contributed by atoms with van der Waals surface area (Å²) >= 11 is 0. The van der Waals surface area contributed by atoms with Crippen molar-refractivity contribution in [2.75, 3.05) is 37.6 Å². The Bertz CT molecular complexity index is 431. The van der Waals surface area contributed by atoms with Gasteiger partial charge in [0.1, 0.15) is 0 Å². The van der Waals surface area contributed by atoms with Crippen LogP contribution in [-0.2, 0) is 0 Å². The summed E-state index contributed by atoms with van der Waals surface area (Å²) in [5, 5.41) is 0. The number of para-hydroxylation sites is 1. The van der Waals surface area contributed by atoms with Gasteiger partial charge < -0.3 is 14.7 Å². The van der Waals surface area contributed by atoms with E-state index >= 15 is 0 Å². The summed E-state index contributed by atoms with van der Waals surface area (Å²) in [4.78, 5) is 18.6. The maximum absolute atomic E-state index is 12.4. The molecule has 0 saturated carbocycles. The molecule has 2 rings (SSSR count). The Balaban J connectivity index is 2.00. The number of piperazine rings is 1. The van der Waals surface area contributed by atoms with Crippen LogP contribution >= 0.6 is 0 Å². The van der Waals surface area contributed by atoms with Crippen molar-refractivity contribution in [2.45, 2.75) is 26.8 Å². The Labute approximate surface area is 122 Å². The number of amides is 2. The SMILES string of the molecule is CCN(CC)C(=O)N1CCN(c2ccccc2)C(C)C1. The second-order valence-electron chi connectivity index (χ2n) is 5.28. The third kappa shape index (κ3) is 3.06. The highest BCUT2D eigenvalue weighted by Crippen LogP contribution is 2.20. The number of hydrogen-bond acceptors (Lipinski definition) is 2. The molecular weight excluding hydrogens is 250 g/mol. The van der Waals surface area contributed by atoms with Gasteiger partial charge in [-0.05, 0) is 32.9 Å². The Morgan fingerprint density at radius 2 is 1.85 bits per heavy atom. The monoisotopic (exact) mass is 275 g/mol. The molecule has 110 valence electrons. The van der Waals surface area contributed by atoms with E-state index < -0.39 is 0 Å². The van der Waals surface area contributed by atoms with Gasteiger partial charge in [0.2, 0.25) is 0 Å². The van der Waals surface area contributed by atoms with Crippen LogP contribution in [0.2, 0.25) is 0 Å². The smallest absolute Gasteiger partial charge is 0.320 e. The van der Waals surface area contributed by atoms with Crippen molar-refractivity contribution >= 4 is 11.7 Å². The van der Waals surface area contributed by atoms with E-state index in [1.165, 1.54) is 5.69 Å². The molecule has 0 radical (unpaired) electrons. The third-order valence-electron chi connectivity index (χ3n) is 4.02. The minimum Gasteiger partial charge on any atom is -0.365 e. The Kier molecular flexibility index (Phi) is 4.88. The average Bonchev–Trinajstić information content (AvgIpc) is 2.49. The maximum Gasteiger partial charge on any atom is 0.320 e. The van der Waals surface area contributed by atoms with Crippen LogP contribution in [0, 0.1) is 0 Å². The lowest BCUT2D eigenvalue weighted by atomic mass is 10.1. The summed E-state index contributed by atoms with van der Waals surface area (Å²) in [6.07, 6.45) is 0. The summed E-state index contributed by atoms with van der Waals surface area (Å²) in [6, 6.07) is 11.0. The van der Waals surface area contributed by atoms with Gasteiger partial charge in [-0.15, -0.1) is 0 Å². The Morgan fingerprint density at radius 3 is 2.40 bits per heavy atom. The predicted octanol–water partition coefficient (Wildman–Crippen LogP) is 2.66. The van der Waals surface area contributed by atoms with Crippen molar-refractivity contribution in [3.05, 3.63) is 30.3 Å². The molecule has 4 heteroatoms. The van der Waals surface area contributed by atoms with Gasteiger partial charge in [0.25, 0.3) is 0 Å². The van der Waals surface area contributed by atoms with Crippen molar-refractivity contribution in [2.24, 2.45) is 0 Å². The van der Waals surface area contributed by atoms with Crippen LogP contribution in [0.5, 0.6) is 0 Å². The van der Waals surface area contributed by atoms with E-state index in [4.69, 9.17) is 0 Å². The summed E-state index contributed by atoms with van der Waals surface area (Å²) in [6.45, 7) is 10.3. The van der Waals surface area contributed by atoms with E-state index in [9.17, 15) is 4.79 Å². The van der Waals surface area contributed by atoms with Crippen LogP contribution in [0.3, 0.4) is 0 Å². The van der Waals surface area contributed by atoms with E-state index in [2.05, 4.69) is 36.1 Å². The fourth-order valence-electron chi connectivity index (χ4n) is 2.83. The van der Waals surface area contributed by atoms with E-state index in [0.29, 0.717) is 6.04 Å². The Hall–Kier alpha value is -1.71. The van der Waals surface area contributed by atoms with Gasteiger partial charge in [0.15, 0.2) is 0 Å². The second kappa shape index (κ2) is 6.64. The zero-order valence-electron chi connectivity index (χ0n) is 12.7. The molecule has 1 atom stereocenters. The van der Waals surface area contributed by atoms with Crippen molar-refractivity contribution in [1.82, 2.24) is 9.80 Å². The number of hydrogen-bond donors (Lipinski definition) is 0. The van der Waals surface area contributed by atoms with Crippen molar-refractivity contribution < 1.29 is 4.79 Å². The van der Waals surface area contributed by atoms with Crippen molar-refractivity contribution in [3.8, 4) is 0 Å². The van der Waals surface area contributed by atoms with E-state index in [1.54, 1.807) is 0 Å². The lowest BCUT2D eigenvalue weighted by Crippen LogP contribution is -2.56. The number of urea groups is 1. The number of nitrogens with zero attached hydrogens (tertiary/aromatic N) is 3. The van der Waals surface area contributed by atoms with Gasteiger partial charge >= 0.3 is 6.03 Å². The van der Waals surface area contributed by atoms with Gasteiger partial charge in [-0.25, -0.2) is 4.79 Å². The molecule has 1 aromatic rings. The quantitative estimate of drug-likeness (QED) is 0.848. The molecule has 1 aliphatic rings. The molecule has 0 bridgehead atoms. The molecule has 0 spiro atoms. The molecule has 0 N–H and O–H groups in total. The standard InChI is InChI=1S/C16H25N3O/c1-4-17(5-2)16(20)18-11-12-19(14(3)13-18)15-9-7-6-8-10-15/h6-10,14H,4-5,11-13H2,1-3H3. The molecule has 0 aromatic heterocycles. The summed E-state index contributed by atoms with van der Waals surface area (Å²) in [5.41, 5.74) is 1.25. The van der Waals surface area contributed by atoms with Crippen molar-refractivity contribution in [1.29, 1.82) is 0 Å². The second-order valence-corrected chi connectivity index (χ2v) is 5.28. The zero-order valence-corrected chi connectivity index (χ0v) is 12.7. The van der Waals surface area contributed by atoms with Crippen LogP contribution in [-0.4, -0.2) is 54.6 Å².